The minimum atomic E-state index is 0.335. The van der Waals surface area contributed by atoms with Crippen molar-refractivity contribution in [3.8, 4) is 0 Å². The van der Waals surface area contributed by atoms with Crippen molar-refractivity contribution >= 4 is 0 Å². The van der Waals surface area contributed by atoms with Crippen molar-refractivity contribution in [3.63, 3.8) is 0 Å². The lowest BCUT2D eigenvalue weighted by molar-refractivity contribution is -0.0426. The average molecular weight is 391 g/mol. The van der Waals surface area contributed by atoms with E-state index < -0.39 is 0 Å². The van der Waals surface area contributed by atoms with E-state index in [0.29, 0.717) is 11.1 Å². The van der Waals surface area contributed by atoms with Gasteiger partial charge in [-0.15, -0.1) is 0 Å². The molecule has 0 bridgehead atoms. The molecular weight excluding hydrogens is 344 g/mol. The van der Waals surface area contributed by atoms with Crippen LogP contribution in [0.5, 0.6) is 0 Å². The third kappa shape index (κ3) is 4.04. The molecule has 0 aromatic carbocycles. The van der Waals surface area contributed by atoms with Crippen LogP contribution in [-0.2, 0) is 0 Å². The minimum absolute atomic E-state index is 0.335. The molecule has 4 saturated heterocycles. The van der Waals surface area contributed by atoms with Gasteiger partial charge in [0.2, 0.25) is 0 Å². The molecule has 0 spiro atoms. The Hall–Kier alpha value is -0.160. The monoisotopic (exact) mass is 390 g/mol. The molecular formula is C24H46N4. The Kier molecular flexibility index (Phi) is 5.66. The lowest BCUT2D eigenvalue weighted by atomic mass is 9.84. The van der Waals surface area contributed by atoms with Gasteiger partial charge in [0.05, 0.1) is 0 Å². The van der Waals surface area contributed by atoms with Gasteiger partial charge >= 0.3 is 0 Å². The maximum absolute atomic E-state index is 2.84. The minimum Gasteiger partial charge on any atom is -0.295 e. The van der Waals surface area contributed by atoms with Gasteiger partial charge in [0.15, 0.2) is 0 Å². The first-order valence-electron chi connectivity index (χ1n) is 12.1. The first-order chi connectivity index (χ1) is 13.0. The van der Waals surface area contributed by atoms with Crippen LogP contribution < -0.4 is 0 Å². The number of nitrogens with zero attached hydrogens (tertiary/aromatic N) is 4. The summed E-state index contributed by atoms with van der Waals surface area (Å²) < 4.78 is 0. The zero-order chi connectivity index (χ0) is 20.3. The van der Waals surface area contributed by atoms with E-state index in [2.05, 4.69) is 68.1 Å². The van der Waals surface area contributed by atoms with Gasteiger partial charge in [-0.05, 0) is 86.6 Å². The second kappa shape index (κ2) is 7.51. The summed E-state index contributed by atoms with van der Waals surface area (Å²) in [5.41, 5.74) is 0.693. The van der Waals surface area contributed by atoms with Crippen molar-refractivity contribution < 1.29 is 0 Å². The predicted molar refractivity (Wildman–Crippen MR) is 119 cm³/mol. The van der Waals surface area contributed by atoms with Gasteiger partial charge in [-0.1, -0.05) is 0 Å². The summed E-state index contributed by atoms with van der Waals surface area (Å²) in [5, 5.41) is 0. The first-order valence-corrected chi connectivity index (χ1v) is 12.1. The summed E-state index contributed by atoms with van der Waals surface area (Å²) in [5.74, 6) is 0.874. The predicted octanol–water partition coefficient (Wildman–Crippen LogP) is 3.52. The highest BCUT2D eigenvalue weighted by atomic mass is 15.4. The van der Waals surface area contributed by atoms with Gasteiger partial charge < -0.3 is 0 Å². The van der Waals surface area contributed by atoms with Crippen LogP contribution in [0.2, 0.25) is 0 Å². The summed E-state index contributed by atoms with van der Waals surface area (Å²) in [4.78, 5) is 11.0. The van der Waals surface area contributed by atoms with Crippen LogP contribution in [-0.4, -0.2) is 94.1 Å². The van der Waals surface area contributed by atoms with Gasteiger partial charge in [-0.2, -0.15) is 0 Å². The molecule has 4 rings (SSSR count). The lowest BCUT2D eigenvalue weighted by Crippen LogP contribution is -2.66. The number of hydrogen-bond acceptors (Lipinski definition) is 4. The molecule has 0 aromatic rings. The Labute approximate surface area is 174 Å². The second-order valence-electron chi connectivity index (χ2n) is 12.2. The lowest BCUT2D eigenvalue weighted by Gasteiger charge is -2.53. The third-order valence-electron chi connectivity index (χ3n) is 8.57. The Morgan fingerprint density at radius 2 is 1.36 bits per heavy atom. The molecule has 0 saturated carbocycles. The van der Waals surface area contributed by atoms with Crippen LogP contribution in [0.4, 0.5) is 0 Å². The first kappa shape index (κ1) is 21.1. The van der Waals surface area contributed by atoms with E-state index in [1.807, 2.05) is 0 Å². The van der Waals surface area contributed by atoms with Gasteiger partial charge in [0.1, 0.15) is 0 Å². The van der Waals surface area contributed by atoms with Gasteiger partial charge in [-0.3, -0.25) is 19.6 Å². The summed E-state index contributed by atoms with van der Waals surface area (Å²) in [6.07, 6.45) is 5.58. The molecule has 0 aliphatic carbocycles. The van der Waals surface area contributed by atoms with Crippen molar-refractivity contribution in [1.29, 1.82) is 0 Å². The van der Waals surface area contributed by atoms with Gasteiger partial charge in [-0.25, -0.2) is 0 Å². The molecule has 3 atom stereocenters. The van der Waals surface area contributed by atoms with E-state index in [-0.39, 0.29) is 0 Å². The molecule has 4 heterocycles. The smallest absolute Gasteiger partial charge is 0.0353 e. The third-order valence-corrected chi connectivity index (χ3v) is 8.57. The van der Waals surface area contributed by atoms with Crippen molar-refractivity contribution in [2.24, 2.45) is 5.92 Å². The topological polar surface area (TPSA) is 13.0 Å². The van der Waals surface area contributed by atoms with Gasteiger partial charge in [0, 0.05) is 68.0 Å². The summed E-state index contributed by atoms with van der Waals surface area (Å²) >= 11 is 0. The number of hydrogen-bond donors (Lipinski definition) is 0. The zero-order valence-corrected chi connectivity index (χ0v) is 19.7. The Morgan fingerprint density at radius 1 is 0.750 bits per heavy atom. The Bertz CT molecular complexity index is 541. The van der Waals surface area contributed by atoms with Crippen LogP contribution in [0.25, 0.3) is 0 Å². The SMILES string of the molecule is C[C@@H]1CC(CC(C)(C)N2CC(N3CCC[C@@H]3C)C2)CN1C1CN(C(C)(C)C)C1. The van der Waals surface area contributed by atoms with Crippen LogP contribution in [0.3, 0.4) is 0 Å². The maximum Gasteiger partial charge on any atom is 0.0353 e. The molecule has 4 nitrogen and oxygen atoms in total. The molecule has 28 heavy (non-hydrogen) atoms. The fourth-order valence-electron chi connectivity index (χ4n) is 6.53. The largest absolute Gasteiger partial charge is 0.295 e. The molecule has 0 radical (unpaired) electrons. The maximum atomic E-state index is 2.84. The van der Waals surface area contributed by atoms with E-state index >= 15 is 0 Å². The molecule has 1 unspecified atom stereocenters. The van der Waals surface area contributed by atoms with Crippen LogP contribution in [0, 0.1) is 5.92 Å². The molecule has 162 valence electrons. The van der Waals surface area contributed by atoms with Gasteiger partial charge in [0.25, 0.3) is 0 Å². The average Bonchev–Trinajstić information content (AvgIpc) is 3.01. The molecule has 4 aliphatic rings. The standard InChI is InChI=1S/C24H46N4/c1-18-9-8-10-27(18)21-16-26(17-21)24(6,7)12-20-11-19(2)28(13-20)22-14-25(15-22)23(3,4)5/h18-22H,8-17H2,1-7H3/t18-,19+,20?/m0/s1. The highest BCUT2D eigenvalue weighted by Crippen LogP contribution is 2.38. The van der Waals surface area contributed by atoms with Crippen molar-refractivity contribution in [2.45, 2.75) is 109 Å². The summed E-state index contributed by atoms with van der Waals surface area (Å²) in [6, 6.07) is 3.21. The van der Waals surface area contributed by atoms with E-state index in [9.17, 15) is 0 Å². The quantitative estimate of drug-likeness (QED) is 0.712. The van der Waals surface area contributed by atoms with Crippen molar-refractivity contribution in [2.75, 3.05) is 39.3 Å². The second-order valence-corrected chi connectivity index (χ2v) is 12.2. The van der Waals surface area contributed by atoms with E-state index in [0.717, 1.165) is 30.1 Å². The summed E-state index contributed by atoms with van der Waals surface area (Å²) in [6.45, 7) is 24.8. The van der Waals surface area contributed by atoms with Crippen LogP contribution >= 0.6 is 0 Å². The fraction of sp³-hybridized carbons (Fsp3) is 1.00. The van der Waals surface area contributed by atoms with Crippen molar-refractivity contribution in [3.05, 3.63) is 0 Å². The van der Waals surface area contributed by atoms with E-state index in [1.165, 1.54) is 65.0 Å². The Morgan fingerprint density at radius 3 is 1.93 bits per heavy atom. The molecule has 0 N–H and O–H groups in total. The molecule has 4 fully saturated rings. The number of rotatable bonds is 5. The molecule has 4 aliphatic heterocycles. The molecule has 0 aromatic heterocycles. The highest BCUT2D eigenvalue weighted by molar-refractivity contribution is 5.02. The fourth-order valence-corrected chi connectivity index (χ4v) is 6.53. The Balaban J connectivity index is 1.24. The summed E-state index contributed by atoms with van der Waals surface area (Å²) in [7, 11) is 0. The number of likely N-dealkylation sites (tertiary alicyclic amines) is 4. The zero-order valence-electron chi connectivity index (χ0n) is 19.7. The van der Waals surface area contributed by atoms with E-state index in [1.54, 1.807) is 0 Å². The molecule has 0 amide bonds. The molecule has 4 heteroatoms. The van der Waals surface area contributed by atoms with E-state index in [4.69, 9.17) is 0 Å². The van der Waals surface area contributed by atoms with Crippen LogP contribution in [0.1, 0.15) is 74.1 Å². The highest BCUT2D eigenvalue weighted by Gasteiger charge is 2.46. The normalized spacial score (nSPS) is 35.5. The van der Waals surface area contributed by atoms with Crippen LogP contribution in [0.15, 0.2) is 0 Å². The van der Waals surface area contributed by atoms with Crippen molar-refractivity contribution in [1.82, 2.24) is 19.6 Å².